The predicted molar refractivity (Wildman–Crippen MR) is 231 cm³/mol. The second kappa shape index (κ2) is 31.4. The molecule has 2 nitrogen and oxygen atoms in total. The smallest absolute Gasteiger partial charge is 0.395 e. The summed E-state index contributed by atoms with van der Waals surface area (Å²) in [6.45, 7) is 0. The monoisotopic (exact) mass is 2320 g/mol. The predicted octanol–water partition coefficient (Wildman–Crippen LogP) is 28.1. The van der Waals surface area contributed by atoms with E-state index < -0.39 is 276 Å². The molecule has 0 aromatic heterocycles. The van der Waals surface area contributed by atoms with Gasteiger partial charge in [-0.1, -0.05) is 0 Å². The fourth-order valence-corrected chi connectivity index (χ4v) is 23.1. The standard InChI is InChI=1S/C41F90O2Si3/c42-1(43,14(68,69)28(96,97)98)7(54,55)21(82,83)35(117,118)134(36(119,120)22(84,85)8(56,57)2(44,45)15(70,71)29(99,100)101,37(121,122)23(86,87)9(58,59)3(46,47)16(72,73)30(102,103)104)132-136(131,41(129,130)27(94,95)13(66,67)20(80,81)34(114,115)116)133-135(38(123,124)24(88,89)10(60,61)4(48,49)17(74,75)31(105,106)107,39(125,126)25(90,91)11(62,63)5(50,51)18(76,77)32(108,109)110)40(127,128)26(92,93)12(64,65)6(52,53)19(78,79)33(111,112)113. The first-order valence-corrected chi connectivity index (χ1v) is 33.6. The third-order valence-electron chi connectivity index (χ3n) is 16.7. The zero-order valence-corrected chi connectivity index (χ0v) is 59.8. The van der Waals surface area contributed by atoms with Crippen molar-refractivity contribution in [2.75, 3.05) is 0 Å². The summed E-state index contributed by atoms with van der Waals surface area (Å²) in [5.74, 6) is -340. The summed E-state index contributed by atoms with van der Waals surface area (Å²) in [7, 11) is -57.7. The Kier molecular flexibility index (Phi) is 30.1. The number of hydrogen-bond acceptors (Lipinski definition) is 2. The Labute approximate surface area is 671 Å². The van der Waals surface area contributed by atoms with E-state index >= 15 is 189 Å². The Morgan fingerprint density at radius 3 is 0.235 bits per heavy atom. The largest absolute Gasteiger partial charge is 0.600 e. The first-order valence-electron chi connectivity index (χ1n) is 28.1. The zero-order valence-electron chi connectivity index (χ0n) is 56.8. The van der Waals surface area contributed by atoms with E-state index in [0.29, 0.717) is 0 Å². The molecule has 0 aliphatic heterocycles. The molecule has 0 heterocycles. The summed E-state index contributed by atoms with van der Waals surface area (Å²) < 4.78 is 1360. The Morgan fingerprint density at radius 2 is 0.154 bits per heavy atom. The molecule has 0 aliphatic carbocycles. The van der Waals surface area contributed by atoms with E-state index in [9.17, 15) is 206 Å². The molecule has 0 atom stereocenters. The molecule has 0 fully saturated rings. The van der Waals surface area contributed by atoms with E-state index in [1.165, 1.54) is 0 Å². The van der Waals surface area contributed by atoms with Crippen LogP contribution in [0.4, 0.5) is 395 Å². The van der Waals surface area contributed by atoms with Crippen molar-refractivity contribution >= 4 is 25.5 Å². The molecule has 0 saturated heterocycles. The molecular formula is C41F90O2Si3. The van der Waals surface area contributed by atoms with Gasteiger partial charge in [0.1, 0.15) is 0 Å². The van der Waals surface area contributed by atoms with Gasteiger partial charge in [-0.2, -0.15) is 338 Å². The number of hydrogen-bond donors (Lipinski definition) is 0. The summed E-state index contributed by atoms with van der Waals surface area (Å²) in [5, 5.41) is 0. The summed E-state index contributed by atoms with van der Waals surface area (Å²) in [6, 6.07) is 0. The maximum Gasteiger partial charge on any atom is 0.600 e. The summed E-state index contributed by atoms with van der Waals surface area (Å²) in [4.78, 5) is 0. The molecule has 0 saturated carbocycles. The van der Waals surface area contributed by atoms with Crippen LogP contribution >= 0.6 is 0 Å². The van der Waals surface area contributed by atoms with Crippen LogP contribution in [0.15, 0.2) is 0 Å². The van der Waals surface area contributed by atoms with Crippen molar-refractivity contribution in [3.8, 4) is 0 Å². The fourth-order valence-electron chi connectivity index (χ4n) is 8.81. The van der Waals surface area contributed by atoms with Crippen molar-refractivity contribution in [3.05, 3.63) is 0 Å². The first-order chi connectivity index (χ1) is 56.7. The molecule has 136 heavy (non-hydrogen) atoms. The Balaban J connectivity index is 15.5. The number of alkyl halides is 89. The summed E-state index contributed by atoms with van der Waals surface area (Å²) in [6.07, 6.45) is -73.1. The average Bonchev–Trinajstić information content (AvgIpc) is 0.642. The number of halogens is 90. The maximum absolute atomic E-state index is 19.4. The molecule has 818 valence electrons. The average molecular weight is 2320 g/mol. The lowest BCUT2D eigenvalue weighted by atomic mass is 9.97. The molecule has 0 aromatic rings. The van der Waals surface area contributed by atoms with Crippen LogP contribution in [0.1, 0.15) is 0 Å². The van der Waals surface area contributed by atoms with Gasteiger partial charge in [0.15, 0.2) is 0 Å². The third-order valence-corrected chi connectivity index (χ3v) is 29.5. The number of rotatable bonds is 38. The molecular weight excluding hydrogens is 2320 g/mol. The second-order valence-corrected chi connectivity index (χ2v) is 34.9. The molecule has 0 aliphatic rings. The quantitative estimate of drug-likeness (QED) is 0.0348. The molecule has 95 heteroatoms. The van der Waals surface area contributed by atoms with Crippen LogP contribution in [-0.4, -0.2) is 267 Å². The Bertz CT molecular complexity index is 3640. The van der Waals surface area contributed by atoms with Gasteiger partial charge in [0, 0.05) is 0 Å². The molecule has 0 spiro atoms. The van der Waals surface area contributed by atoms with Crippen LogP contribution in [0.5, 0.6) is 0 Å². The van der Waals surface area contributed by atoms with Crippen molar-refractivity contribution in [1.82, 2.24) is 0 Å². The first kappa shape index (κ1) is 130. The highest BCUT2D eigenvalue weighted by atomic mass is 28.5. The molecule has 0 radical (unpaired) electrons. The van der Waals surface area contributed by atoms with E-state index in [2.05, 4.69) is 0 Å². The second-order valence-electron chi connectivity index (χ2n) is 25.1. The molecule has 0 rings (SSSR count). The molecule has 0 unspecified atom stereocenters. The Hall–Kier alpha value is -5.73. The van der Waals surface area contributed by atoms with E-state index in [1.807, 2.05) is 0 Å². The lowest BCUT2D eigenvalue weighted by Crippen LogP contribution is -2.96. The van der Waals surface area contributed by atoms with Crippen LogP contribution in [0.25, 0.3) is 0 Å². The summed E-state index contributed by atoms with van der Waals surface area (Å²) >= 11 is 0. The maximum atomic E-state index is 18.6. The highest BCUT2D eigenvalue weighted by molar-refractivity contribution is 6.94. The SMILES string of the molecule is FC(F)(F)C(F)(F)C(F)(F)C(F)(F)C(F)(F)C(F)(F)[Si](O[Si](F)(O[Si](C(F)(F)C(F)(F)C(F)(F)C(F)(F)C(F)(F)C(F)(F)F)(C(F)(F)C(F)(F)C(F)(F)C(F)(F)C(F)(F)C(F)(F)F)C(F)(F)C(F)(F)C(F)(F)C(F)(F)C(F)(F)C(F)(F)F)C(F)(F)C(F)(F)C(F)(F)C(F)(F)C(F)(F)F)(C(F)(F)C(F)(F)C(F)(F)C(F)(F)C(F)(F)C(F)(F)F)C(F)(F)C(F)(F)C(F)(F)C(F)(F)C(F)(F)C(F)(F)F. The van der Waals surface area contributed by atoms with Crippen LogP contribution < -0.4 is 0 Å². The minimum atomic E-state index is -19.4. The Morgan fingerprint density at radius 1 is 0.0882 bits per heavy atom. The van der Waals surface area contributed by atoms with Gasteiger partial charge >= 0.3 is 267 Å². The zero-order chi connectivity index (χ0) is 113. The fraction of sp³-hybridized carbons (Fsp3) is 1.00. The topological polar surface area (TPSA) is 18.5 Å². The molecule has 0 N–H and O–H groups in total. The van der Waals surface area contributed by atoms with Crippen molar-refractivity contribution in [2.45, 2.75) is 242 Å². The van der Waals surface area contributed by atoms with Gasteiger partial charge in [-0.25, -0.2) is 56.8 Å². The normalized spacial score (nSPS) is 17.7. The van der Waals surface area contributed by atoms with Gasteiger partial charge in [-0.05, 0) is 0 Å². The van der Waals surface area contributed by atoms with Crippen LogP contribution in [0.2, 0.25) is 0 Å². The van der Waals surface area contributed by atoms with Crippen molar-refractivity contribution < 1.29 is 403 Å². The van der Waals surface area contributed by atoms with Crippen molar-refractivity contribution in [3.63, 3.8) is 0 Å². The highest BCUT2D eigenvalue weighted by Crippen LogP contribution is 2.79. The molecule has 0 bridgehead atoms. The van der Waals surface area contributed by atoms with Gasteiger partial charge in [-0.15, -0.1) is 0 Å². The van der Waals surface area contributed by atoms with Gasteiger partial charge < -0.3 is 8.23 Å². The van der Waals surface area contributed by atoms with Crippen LogP contribution in [0.3, 0.4) is 0 Å². The van der Waals surface area contributed by atoms with Gasteiger partial charge in [-0.3, -0.25) is 0 Å². The van der Waals surface area contributed by atoms with Crippen LogP contribution in [0, 0.1) is 0 Å². The third kappa shape index (κ3) is 14.8. The van der Waals surface area contributed by atoms with Crippen molar-refractivity contribution in [2.24, 2.45) is 0 Å². The van der Waals surface area contributed by atoms with Gasteiger partial charge in [0.2, 0.25) is 0 Å². The molecule has 0 aromatic carbocycles. The lowest BCUT2D eigenvalue weighted by Gasteiger charge is -2.57. The highest BCUT2D eigenvalue weighted by Gasteiger charge is 3.15. The van der Waals surface area contributed by atoms with E-state index in [-0.39, 0.29) is 0 Å². The van der Waals surface area contributed by atoms with Crippen LogP contribution in [-0.2, 0) is 8.23 Å². The molecule has 0 amide bonds. The minimum absolute atomic E-state index is 1.33. The van der Waals surface area contributed by atoms with Crippen molar-refractivity contribution in [1.29, 1.82) is 0 Å². The minimum Gasteiger partial charge on any atom is -0.395 e. The van der Waals surface area contributed by atoms with E-state index in [0.717, 1.165) is 0 Å². The lowest BCUT2D eigenvalue weighted by molar-refractivity contribution is -0.447. The van der Waals surface area contributed by atoms with Gasteiger partial charge in [0.05, 0.1) is 0 Å². The van der Waals surface area contributed by atoms with Gasteiger partial charge in [0.25, 0.3) is 0 Å². The van der Waals surface area contributed by atoms with E-state index in [1.54, 1.807) is 0 Å². The van der Waals surface area contributed by atoms with E-state index in [4.69, 9.17) is 0 Å². The summed E-state index contributed by atoms with van der Waals surface area (Å²) in [5.41, 5.74) is -104.